The molecule has 7 heteroatoms. The molecule has 0 amide bonds. The van der Waals surface area contributed by atoms with Crippen LogP contribution in [0.1, 0.15) is 18.9 Å². The van der Waals surface area contributed by atoms with Crippen molar-refractivity contribution in [2.24, 2.45) is 0 Å². The number of aliphatic hydroxyl groups excluding tert-OH is 1. The lowest BCUT2D eigenvalue weighted by atomic mass is 10.2. The van der Waals surface area contributed by atoms with Gasteiger partial charge < -0.3 is 5.11 Å². The Hall–Kier alpha value is -1.62. The average Bonchev–Trinajstić information content (AvgIpc) is 2.33. The van der Waals surface area contributed by atoms with Crippen molar-refractivity contribution in [1.29, 1.82) is 0 Å². The smallest absolute Gasteiger partial charge is 0.299 e. The molecule has 1 aromatic carbocycles. The Bertz CT molecular complexity index is 591. The molecule has 0 aliphatic carbocycles. The highest BCUT2D eigenvalue weighted by molar-refractivity contribution is 7.90. The van der Waals surface area contributed by atoms with Gasteiger partial charge >= 0.3 is 0 Å². The van der Waals surface area contributed by atoms with Crippen LogP contribution < -0.4 is 9.44 Å². The van der Waals surface area contributed by atoms with Crippen molar-refractivity contribution in [3.8, 4) is 11.8 Å². The molecule has 0 atom stereocenters. The van der Waals surface area contributed by atoms with E-state index in [0.29, 0.717) is 0 Å². The summed E-state index contributed by atoms with van der Waals surface area (Å²) in [5, 5.41) is 8.58. The van der Waals surface area contributed by atoms with Gasteiger partial charge in [0.2, 0.25) is 0 Å². The van der Waals surface area contributed by atoms with Crippen LogP contribution in [0, 0.1) is 17.7 Å². The lowest BCUT2D eigenvalue weighted by Gasteiger charge is -2.08. The summed E-state index contributed by atoms with van der Waals surface area (Å²) in [4.78, 5) is 0. The van der Waals surface area contributed by atoms with Gasteiger partial charge in [0.05, 0.1) is 17.9 Å². The Morgan fingerprint density at radius 2 is 2.16 bits per heavy atom. The Kier molecular flexibility index (Phi) is 5.76. The van der Waals surface area contributed by atoms with E-state index in [2.05, 4.69) is 21.3 Å². The first-order chi connectivity index (χ1) is 8.98. The first-order valence-electron chi connectivity index (χ1n) is 5.65. The number of nitrogens with one attached hydrogen (secondary N) is 2. The maximum absolute atomic E-state index is 13.4. The third-order valence-corrected chi connectivity index (χ3v) is 3.19. The van der Waals surface area contributed by atoms with Gasteiger partial charge in [-0.05, 0) is 18.2 Å². The summed E-state index contributed by atoms with van der Waals surface area (Å²) >= 11 is 0. The van der Waals surface area contributed by atoms with Crippen LogP contribution >= 0.6 is 0 Å². The molecule has 3 N–H and O–H groups in total. The van der Waals surface area contributed by atoms with Crippen LogP contribution in [0.4, 0.5) is 10.1 Å². The van der Waals surface area contributed by atoms with E-state index < -0.39 is 16.0 Å². The largest absolute Gasteiger partial charge is 0.395 e. The Labute approximate surface area is 112 Å². The van der Waals surface area contributed by atoms with Gasteiger partial charge in [-0.2, -0.15) is 13.1 Å². The molecule has 0 aromatic heterocycles. The summed E-state index contributed by atoms with van der Waals surface area (Å²) in [6.07, 6.45) is 0.229. The SMILES string of the molecule is CCNS(=O)(=O)Nc1ccc(F)c(C#CCCO)c1. The summed E-state index contributed by atoms with van der Waals surface area (Å²) < 4.78 is 40.9. The number of halogens is 1. The van der Waals surface area contributed by atoms with Gasteiger partial charge in [0, 0.05) is 13.0 Å². The number of benzene rings is 1. The molecule has 0 unspecified atom stereocenters. The quantitative estimate of drug-likeness (QED) is 0.701. The first-order valence-corrected chi connectivity index (χ1v) is 7.13. The van der Waals surface area contributed by atoms with Crippen LogP contribution in [0.15, 0.2) is 18.2 Å². The fraction of sp³-hybridized carbons (Fsp3) is 0.333. The van der Waals surface area contributed by atoms with Gasteiger partial charge in [0.1, 0.15) is 5.82 Å². The lowest BCUT2D eigenvalue weighted by molar-refractivity contribution is 0.305. The van der Waals surface area contributed by atoms with Gasteiger partial charge in [-0.15, -0.1) is 0 Å². The minimum absolute atomic E-state index is 0.0742. The summed E-state index contributed by atoms with van der Waals surface area (Å²) in [7, 11) is -3.65. The van der Waals surface area contributed by atoms with Crippen LogP contribution in [0.5, 0.6) is 0 Å². The van der Waals surface area contributed by atoms with E-state index in [9.17, 15) is 12.8 Å². The highest BCUT2D eigenvalue weighted by Gasteiger charge is 2.09. The predicted molar refractivity (Wildman–Crippen MR) is 71.2 cm³/mol. The van der Waals surface area contributed by atoms with Crippen LogP contribution in [-0.2, 0) is 10.2 Å². The van der Waals surface area contributed by atoms with E-state index in [4.69, 9.17) is 5.11 Å². The molecule has 0 saturated heterocycles. The highest BCUT2D eigenvalue weighted by Crippen LogP contribution is 2.14. The van der Waals surface area contributed by atoms with E-state index in [1.807, 2.05) is 0 Å². The van der Waals surface area contributed by atoms with Gasteiger partial charge in [-0.25, -0.2) is 4.39 Å². The van der Waals surface area contributed by atoms with E-state index in [1.54, 1.807) is 6.92 Å². The molecular weight excluding hydrogens is 271 g/mol. The molecule has 0 bridgehead atoms. The monoisotopic (exact) mass is 286 g/mol. The molecule has 19 heavy (non-hydrogen) atoms. The van der Waals surface area contributed by atoms with E-state index in [1.165, 1.54) is 12.1 Å². The first kappa shape index (κ1) is 15.4. The Morgan fingerprint density at radius 1 is 1.42 bits per heavy atom. The van der Waals surface area contributed by atoms with Crippen molar-refractivity contribution in [2.75, 3.05) is 17.9 Å². The van der Waals surface area contributed by atoms with Crippen molar-refractivity contribution >= 4 is 15.9 Å². The van der Waals surface area contributed by atoms with Gasteiger partial charge in [0.15, 0.2) is 0 Å². The predicted octanol–water partition coefficient (Wildman–Crippen LogP) is 0.826. The molecule has 0 radical (unpaired) electrons. The van der Waals surface area contributed by atoms with Crippen molar-refractivity contribution in [3.05, 3.63) is 29.6 Å². The Balaban J connectivity index is 2.94. The minimum atomic E-state index is -3.65. The van der Waals surface area contributed by atoms with Crippen LogP contribution in [0.3, 0.4) is 0 Å². The summed E-state index contributed by atoms with van der Waals surface area (Å²) in [5.41, 5.74) is 0.292. The van der Waals surface area contributed by atoms with Crippen molar-refractivity contribution in [3.63, 3.8) is 0 Å². The molecular formula is C12H15FN2O3S. The summed E-state index contributed by atoms with van der Waals surface area (Å²) in [5.74, 6) is 4.56. The molecule has 0 fully saturated rings. The molecule has 0 spiro atoms. The Morgan fingerprint density at radius 3 is 2.79 bits per heavy atom. The summed E-state index contributed by atoms with van der Waals surface area (Å²) in [6, 6.07) is 3.74. The standard InChI is InChI=1S/C12H15FN2O3S/c1-2-14-19(17,18)15-11-6-7-12(13)10(9-11)5-3-4-8-16/h6-7,9,14-16H,2,4,8H2,1H3. The van der Waals surface area contributed by atoms with Gasteiger partial charge in [0.25, 0.3) is 10.2 Å². The summed E-state index contributed by atoms with van der Waals surface area (Å²) in [6.45, 7) is 1.79. The molecule has 104 valence electrons. The van der Waals surface area contributed by atoms with E-state index >= 15 is 0 Å². The van der Waals surface area contributed by atoms with Crippen molar-refractivity contribution in [2.45, 2.75) is 13.3 Å². The topological polar surface area (TPSA) is 78.4 Å². The molecule has 0 heterocycles. The maximum Gasteiger partial charge on any atom is 0.299 e. The fourth-order valence-electron chi connectivity index (χ4n) is 1.28. The zero-order chi connectivity index (χ0) is 14.3. The minimum Gasteiger partial charge on any atom is -0.395 e. The molecule has 0 aliphatic heterocycles. The number of rotatable bonds is 5. The highest BCUT2D eigenvalue weighted by atomic mass is 32.2. The molecule has 5 nitrogen and oxygen atoms in total. The van der Waals surface area contributed by atoms with Gasteiger partial charge in [-0.1, -0.05) is 18.8 Å². The third-order valence-electron chi connectivity index (χ3n) is 2.01. The van der Waals surface area contributed by atoms with Crippen LogP contribution in [0.25, 0.3) is 0 Å². The molecule has 1 rings (SSSR count). The number of aliphatic hydroxyl groups is 1. The lowest BCUT2D eigenvalue weighted by Crippen LogP contribution is -2.29. The second kappa shape index (κ2) is 7.09. The number of hydrogen-bond acceptors (Lipinski definition) is 3. The molecule has 0 saturated carbocycles. The van der Waals surface area contributed by atoms with Gasteiger partial charge in [-0.3, -0.25) is 4.72 Å². The zero-order valence-corrected chi connectivity index (χ0v) is 11.2. The van der Waals surface area contributed by atoms with E-state index in [0.717, 1.165) is 6.07 Å². The van der Waals surface area contributed by atoms with Crippen molar-refractivity contribution in [1.82, 2.24) is 4.72 Å². The van der Waals surface area contributed by atoms with Crippen LogP contribution in [0.2, 0.25) is 0 Å². The zero-order valence-electron chi connectivity index (χ0n) is 10.4. The normalized spacial score (nSPS) is 10.7. The average molecular weight is 286 g/mol. The fourth-order valence-corrected chi connectivity index (χ4v) is 2.17. The van der Waals surface area contributed by atoms with Crippen LogP contribution in [-0.4, -0.2) is 26.7 Å². The second-order valence-electron chi connectivity index (χ2n) is 3.57. The molecule has 0 aliphatic rings. The third kappa shape index (κ3) is 5.26. The van der Waals surface area contributed by atoms with Crippen molar-refractivity contribution < 1.29 is 17.9 Å². The number of anilines is 1. The molecule has 1 aromatic rings. The second-order valence-corrected chi connectivity index (χ2v) is 5.07. The van der Waals surface area contributed by atoms with E-state index in [-0.39, 0.29) is 30.8 Å². The number of hydrogen-bond donors (Lipinski definition) is 3. The maximum atomic E-state index is 13.4.